The van der Waals surface area contributed by atoms with E-state index in [1.54, 1.807) is 6.08 Å². The van der Waals surface area contributed by atoms with Gasteiger partial charge in [-0.1, -0.05) is 35.5 Å². The zero-order chi connectivity index (χ0) is 33.6. The Kier molecular flexibility index (Phi) is 7.36. The topological polar surface area (TPSA) is 119 Å². The molecule has 7 rings (SSSR count). The molecule has 46 heavy (non-hydrogen) atoms. The molecule has 6 aliphatic rings. The zero-order valence-corrected chi connectivity index (χ0v) is 28.0. The van der Waals surface area contributed by atoms with E-state index < -0.39 is 40.1 Å². The average molecular weight is 629 g/mol. The Morgan fingerprint density at radius 3 is 2.35 bits per heavy atom. The number of aromatic hydroxyl groups is 1. The van der Waals surface area contributed by atoms with Crippen LogP contribution in [0.25, 0.3) is 6.08 Å². The molecule has 1 spiro atoms. The van der Waals surface area contributed by atoms with Crippen LogP contribution in [0, 0.1) is 11.8 Å². The quantitative estimate of drug-likeness (QED) is 0.228. The van der Waals surface area contributed by atoms with E-state index >= 15 is 0 Å². The Morgan fingerprint density at radius 1 is 1.00 bits per heavy atom. The number of rotatable bonds is 8. The van der Waals surface area contributed by atoms with Gasteiger partial charge in [0.15, 0.2) is 22.8 Å². The molecule has 3 heterocycles. The second-order valence-corrected chi connectivity index (χ2v) is 14.8. The van der Waals surface area contributed by atoms with Crippen LogP contribution < -0.4 is 9.47 Å². The highest BCUT2D eigenvalue weighted by atomic mass is 16.6. The molecular weight excluding hydrogens is 584 g/mol. The first-order chi connectivity index (χ1) is 21.5. The number of aliphatic carboxylic acids is 1. The normalized spacial score (nSPS) is 31.2. The Morgan fingerprint density at radius 2 is 1.70 bits per heavy atom. The van der Waals surface area contributed by atoms with E-state index in [-0.39, 0.29) is 40.8 Å². The summed E-state index contributed by atoms with van der Waals surface area (Å²) in [6, 6.07) is 0. The van der Waals surface area contributed by atoms with Crippen molar-refractivity contribution in [2.75, 3.05) is 0 Å². The average Bonchev–Trinajstić information content (AvgIpc) is 3.12. The fourth-order valence-corrected chi connectivity index (χ4v) is 8.17. The predicted molar refractivity (Wildman–Crippen MR) is 174 cm³/mol. The lowest BCUT2D eigenvalue weighted by Crippen LogP contribution is -2.72. The van der Waals surface area contributed by atoms with Crippen LogP contribution in [0.15, 0.2) is 52.7 Å². The van der Waals surface area contributed by atoms with Gasteiger partial charge < -0.3 is 24.4 Å². The number of carbonyl (C=O) groups is 3. The number of allylic oxidation sites excluding steroid dienone is 5. The Balaban J connectivity index is 1.59. The second kappa shape index (κ2) is 10.6. The third kappa shape index (κ3) is 4.47. The maximum atomic E-state index is 14.7. The highest BCUT2D eigenvalue weighted by Crippen LogP contribution is 2.68. The summed E-state index contributed by atoms with van der Waals surface area (Å²) in [5, 5.41) is 21.4. The Bertz CT molecular complexity index is 1730. The molecule has 1 aromatic rings. The van der Waals surface area contributed by atoms with Gasteiger partial charge in [0.25, 0.3) is 0 Å². The number of phenolic OH excluding ortho intramolecular Hbond substituents is 1. The fraction of sp³-hybridized carbons (Fsp3) is 0.500. The first-order valence-electron chi connectivity index (χ1n) is 16.2. The first-order valence-corrected chi connectivity index (χ1v) is 16.2. The largest absolute Gasteiger partial charge is 0.506 e. The van der Waals surface area contributed by atoms with E-state index in [0.717, 1.165) is 12.0 Å². The summed E-state index contributed by atoms with van der Waals surface area (Å²) in [4.78, 5) is 40.8. The minimum absolute atomic E-state index is 0.0544. The lowest BCUT2D eigenvalue weighted by molar-refractivity contribution is -0.171. The van der Waals surface area contributed by atoms with Gasteiger partial charge in [-0.05, 0) is 93.2 Å². The number of carbonyl (C=O) groups excluding carboxylic acids is 2. The molecule has 8 heteroatoms. The van der Waals surface area contributed by atoms with Crippen LogP contribution in [0.3, 0.4) is 0 Å². The maximum Gasteiger partial charge on any atom is 0.330 e. The highest BCUT2D eigenvalue weighted by molar-refractivity contribution is 6.19. The van der Waals surface area contributed by atoms with Crippen molar-refractivity contribution in [2.45, 2.75) is 110 Å². The van der Waals surface area contributed by atoms with Crippen molar-refractivity contribution in [3.8, 4) is 17.2 Å². The van der Waals surface area contributed by atoms with E-state index in [0.29, 0.717) is 41.7 Å². The van der Waals surface area contributed by atoms with Crippen molar-refractivity contribution in [3.63, 3.8) is 0 Å². The molecule has 3 aliphatic heterocycles. The van der Waals surface area contributed by atoms with E-state index in [9.17, 15) is 24.6 Å². The summed E-state index contributed by atoms with van der Waals surface area (Å²) >= 11 is 0. The molecule has 4 bridgehead atoms. The molecule has 1 unspecified atom stereocenters. The number of fused-ring (bicyclic) bond motifs is 2. The standard InChI is InChI=1S/C38H44O8/c1-20(2)10-9-15-36(8)16-14-24-29(39)28-30(40)26-18-23-19-27-35(6,7)46-37(33(23)41,17-13-22(5)34(42)43)38(26,27)45-32(28)25(31(24)44-36)12-11-21(3)4/h10-11,13-14,16,18,23,27,39H,9,12,15,17,19H2,1-8H3,(H,42,43)/b22-13-/t23-,27?,36+,37+,38-/m1/s1. The minimum atomic E-state index is -1.63. The number of benzene rings is 1. The number of Topliss-reactive ketones (excluding diaryl/α,β-unsaturated/α-hetero) is 2. The SMILES string of the molecule is CC(C)=CCC[C@@]1(C)C=Cc2c(O)c3c(c(CC=C(C)C)c2O1)O[C@]12C(=C[C@@H]4CC1C(C)(C)O[C@@]2(C/C=C(/C)C(=O)O)C4=O)C3=O. The van der Waals surface area contributed by atoms with Crippen molar-refractivity contribution >= 4 is 23.6 Å². The van der Waals surface area contributed by atoms with Gasteiger partial charge in [-0.25, -0.2) is 4.79 Å². The lowest BCUT2D eigenvalue weighted by atomic mass is 9.51. The van der Waals surface area contributed by atoms with Crippen molar-refractivity contribution in [2.24, 2.45) is 11.8 Å². The molecule has 3 aliphatic carbocycles. The van der Waals surface area contributed by atoms with E-state index in [1.807, 2.05) is 52.8 Å². The lowest BCUT2D eigenvalue weighted by Gasteiger charge is -2.56. The van der Waals surface area contributed by atoms with Crippen molar-refractivity contribution in [3.05, 3.63) is 69.4 Å². The smallest absolute Gasteiger partial charge is 0.330 e. The second-order valence-electron chi connectivity index (χ2n) is 14.8. The molecular formula is C38H44O8. The van der Waals surface area contributed by atoms with Crippen molar-refractivity contribution in [1.29, 1.82) is 0 Å². The van der Waals surface area contributed by atoms with Gasteiger partial charge in [0, 0.05) is 35.0 Å². The monoisotopic (exact) mass is 628 g/mol. The summed E-state index contributed by atoms with van der Waals surface area (Å²) in [6.07, 6.45) is 13.4. The molecule has 2 fully saturated rings. The van der Waals surface area contributed by atoms with Crippen LogP contribution in [0.2, 0.25) is 0 Å². The molecule has 0 radical (unpaired) electrons. The fourth-order valence-electron chi connectivity index (χ4n) is 8.17. The van der Waals surface area contributed by atoms with E-state index in [4.69, 9.17) is 14.2 Å². The van der Waals surface area contributed by atoms with Crippen LogP contribution in [0.4, 0.5) is 0 Å². The van der Waals surface area contributed by atoms with Gasteiger partial charge in [0.2, 0.25) is 0 Å². The molecule has 0 aromatic heterocycles. The van der Waals surface area contributed by atoms with E-state index in [2.05, 4.69) is 19.9 Å². The number of hydrogen-bond donors (Lipinski definition) is 2. The van der Waals surface area contributed by atoms with E-state index in [1.165, 1.54) is 18.6 Å². The summed E-state index contributed by atoms with van der Waals surface area (Å²) in [6.45, 7) is 15.4. The van der Waals surface area contributed by atoms with Crippen molar-refractivity contribution < 1.29 is 38.8 Å². The summed E-state index contributed by atoms with van der Waals surface area (Å²) in [7, 11) is 0. The number of ketones is 2. The molecule has 5 atom stereocenters. The molecule has 244 valence electrons. The predicted octanol–water partition coefficient (Wildman–Crippen LogP) is 7.24. The van der Waals surface area contributed by atoms with Gasteiger partial charge in [0.05, 0.1) is 11.2 Å². The highest BCUT2D eigenvalue weighted by Gasteiger charge is 2.81. The zero-order valence-electron chi connectivity index (χ0n) is 28.0. The molecule has 0 amide bonds. The number of phenols is 1. The van der Waals surface area contributed by atoms with Crippen molar-refractivity contribution in [1.82, 2.24) is 0 Å². The van der Waals surface area contributed by atoms with Gasteiger partial charge >= 0.3 is 5.97 Å². The number of carboxylic acids is 1. The summed E-state index contributed by atoms with van der Waals surface area (Å²) < 4.78 is 20.6. The summed E-state index contributed by atoms with van der Waals surface area (Å²) in [5.41, 5.74) is -0.952. The Labute approximate surface area is 270 Å². The first kappa shape index (κ1) is 32.0. The number of ether oxygens (including phenoxy) is 3. The van der Waals surface area contributed by atoms with Crippen LogP contribution in [-0.4, -0.2) is 50.2 Å². The number of hydrogen-bond acceptors (Lipinski definition) is 7. The van der Waals surface area contributed by atoms with Crippen LogP contribution in [0.1, 0.15) is 103 Å². The number of carboxylic acid groups (broad SMARTS) is 1. The third-order valence-corrected chi connectivity index (χ3v) is 10.5. The van der Waals surface area contributed by atoms with Gasteiger partial charge in [-0.2, -0.15) is 0 Å². The third-order valence-electron chi connectivity index (χ3n) is 10.5. The van der Waals surface area contributed by atoms with Gasteiger partial charge in [0.1, 0.15) is 28.4 Å². The minimum Gasteiger partial charge on any atom is -0.506 e. The Hall–Kier alpha value is -3.91. The van der Waals surface area contributed by atoms with Gasteiger partial charge in [-0.15, -0.1) is 0 Å². The van der Waals surface area contributed by atoms with Crippen LogP contribution in [0.5, 0.6) is 17.2 Å². The summed E-state index contributed by atoms with van der Waals surface area (Å²) in [5.74, 6) is -2.28. The molecule has 1 saturated heterocycles. The molecule has 8 nitrogen and oxygen atoms in total. The maximum absolute atomic E-state index is 14.7. The molecule has 1 saturated carbocycles. The van der Waals surface area contributed by atoms with Gasteiger partial charge in [-0.3, -0.25) is 9.59 Å². The molecule has 2 N–H and O–H groups in total. The van der Waals surface area contributed by atoms with Crippen LogP contribution >= 0.6 is 0 Å². The van der Waals surface area contributed by atoms with Crippen LogP contribution in [-0.2, 0) is 20.7 Å². The molecule has 1 aromatic carbocycles.